The van der Waals surface area contributed by atoms with Crippen LogP contribution in [0.4, 0.5) is 23.3 Å². The van der Waals surface area contributed by atoms with Gasteiger partial charge in [0.2, 0.25) is 5.95 Å². The van der Waals surface area contributed by atoms with Crippen LogP contribution in [0, 0.1) is 0 Å². The third-order valence-electron chi connectivity index (χ3n) is 7.23. The summed E-state index contributed by atoms with van der Waals surface area (Å²) in [7, 11) is 0. The van der Waals surface area contributed by atoms with Crippen molar-refractivity contribution in [2.45, 2.75) is 47.6 Å². The molecule has 2 bridgehead atoms. The van der Waals surface area contributed by atoms with Crippen LogP contribution in [0.3, 0.4) is 0 Å². The quantitative estimate of drug-likeness (QED) is 0.131. The fourth-order valence-corrected chi connectivity index (χ4v) is 9.91. The number of H-pyrrole nitrogens is 1. The van der Waals surface area contributed by atoms with Gasteiger partial charge >= 0.3 is 13.6 Å². The number of nitrogens with one attached hydrogen (secondary N) is 3. The Bertz CT molecular complexity index is 1770. The molecular formula is C19H25N11O9P2S3. The fourth-order valence-electron chi connectivity index (χ4n) is 5.25. The van der Waals surface area contributed by atoms with Crippen molar-refractivity contribution in [2.24, 2.45) is 0 Å². The van der Waals surface area contributed by atoms with Gasteiger partial charge in [-0.05, 0) is 0 Å². The van der Waals surface area contributed by atoms with Crippen LogP contribution in [0.2, 0.25) is 0 Å². The second kappa shape index (κ2) is 11.3. The van der Waals surface area contributed by atoms with Gasteiger partial charge in [-0.3, -0.25) is 38.3 Å². The molecule has 7 heterocycles. The summed E-state index contributed by atoms with van der Waals surface area (Å²) in [4.78, 5) is 27.1. The van der Waals surface area contributed by atoms with Crippen molar-refractivity contribution in [3.05, 3.63) is 28.6 Å². The predicted molar refractivity (Wildman–Crippen MR) is 162 cm³/mol. The first-order chi connectivity index (χ1) is 20.9. The van der Waals surface area contributed by atoms with Gasteiger partial charge < -0.3 is 21.3 Å². The number of aliphatic hydroxyl groups excluding tert-OH is 1. The molecule has 3 aromatic rings. The van der Waals surface area contributed by atoms with Gasteiger partial charge in [0.05, 0.1) is 42.6 Å². The van der Waals surface area contributed by atoms with Crippen molar-refractivity contribution < 1.29 is 37.1 Å². The van der Waals surface area contributed by atoms with Crippen molar-refractivity contribution >= 4 is 78.8 Å². The summed E-state index contributed by atoms with van der Waals surface area (Å²) in [5.41, 5.74) is 17.4. The minimum Gasteiger partial charge on any atom is -0.389 e. The number of hydrogen-bond acceptors (Lipinski definition) is 19. The van der Waals surface area contributed by atoms with Crippen LogP contribution in [-0.4, -0.2) is 82.9 Å². The lowest BCUT2D eigenvalue weighted by Crippen LogP contribution is -2.49. The summed E-state index contributed by atoms with van der Waals surface area (Å²) >= 11 is 9.42. The van der Waals surface area contributed by atoms with Gasteiger partial charge in [-0.2, -0.15) is 10.1 Å². The van der Waals surface area contributed by atoms with Crippen LogP contribution >= 0.6 is 49.9 Å². The SMILES string of the molecule is Nc1nc2c(c(=O)[nH]1)NNN2[C@@H]1S[C@@H]2COP(=O)(S)O[C@H]3C[C@H](c4cnc5c(N)ncnn45)O[C@@H]3COP(=O)(S)O[C@@H]1[C@@H]2O. The molecule has 0 saturated carbocycles. The zero-order chi connectivity index (χ0) is 31.0. The highest BCUT2D eigenvalue weighted by Crippen LogP contribution is 2.61. The Morgan fingerprint density at radius 3 is 2.70 bits per heavy atom. The first-order valence-electron chi connectivity index (χ1n) is 12.8. The average Bonchev–Trinajstić information content (AvgIpc) is 3.72. The molecule has 20 nitrogen and oxygen atoms in total. The summed E-state index contributed by atoms with van der Waals surface area (Å²) < 4.78 is 57.4. The largest absolute Gasteiger partial charge is 0.389 e. The van der Waals surface area contributed by atoms with Gasteiger partial charge in [-0.15, -0.1) is 17.3 Å². The molecule has 4 aliphatic rings. The number of imidazole rings is 1. The zero-order valence-electron chi connectivity index (χ0n) is 22.1. The maximum absolute atomic E-state index is 13.6. The number of aromatic nitrogens is 6. The molecule has 44 heavy (non-hydrogen) atoms. The van der Waals surface area contributed by atoms with E-state index in [1.165, 1.54) is 22.0 Å². The molecule has 4 aliphatic heterocycles. The van der Waals surface area contributed by atoms with Crippen LogP contribution in [0.5, 0.6) is 0 Å². The molecule has 3 fully saturated rings. The second-order valence-electron chi connectivity index (χ2n) is 10.0. The number of fused-ring (bicyclic) bond motifs is 5. The number of ether oxygens (including phenoxy) is 1. The lowest BCUT2D eigenvalue weighted by molar-refractivity contribution is -0.0189. The topological polar surface area (TPSA) is 269 Å². The first-order valence-corrected chi connectivity index (χ1v) is 19.2. The molecule has 0 spiro atoms. The molecule has 9 atom stereocenters. The lowest BCUT2D eigenvalue weighted by Gasteiger charge is -2.30. The van der Waals surface area contributed by atoms with Gasteiger partial charge in [0.15, 0.2) is 23.0 Å². The van der Waals surface area contributed by atoms with Gasteiger partial charge in [-0.25, -0.2) is 23.6 Å². The van der Waals surface area contributed by atoms with Gasteiger partial charge in [0.25, 0.3) is 5.56 Å². The molecule has 3 aromatic heterocycles. The number of rotatable bonds is 2. The smallest absolute Gasteiger partial charge is 0.386 e. The minimum absolute atomic E-state index is 0.0554. The number of anilines is 4. The summed E-state index contributed by atoms with van der Waals surface area (Å²) in [5, 5.41) is 15.1. The highest BCUT2D eigenvalue weighted by molar-refractivity contribution is 8.44. The van der Waals surface area contributed by atoms with Gasteiger partial charge in [0.1, 0.15) is 30.0 Å². The molecular weight excluding hydrogens is 684 g/mol. The van der Waals surface area contributed by atoms with Crippen LogP contribution in [0.1, 0.15) is 18.2 Å². The highest BCUT2D eigenvalue weighted by atomic mass is 32.7. The molecule has 0 aliphatic carbocycles. The monoisotopic (exact) mass is 709 g/mol. The Kier molecular flexibility index (Phi) is 7.82. The van der Waals surface area contributed by atoms with E-state index >= 15 is 0 Å². The van der Waals surface area contributed by atoms with E-state index in [0.29, 0.717) is 11.3 Å². The third kappa shape index (κ3) is 5.58. The number of nitrogens with two attached hydrogens (primary N) is 2. The third-order valence-corrected chi connectivity index (χ3v) is 12.0. The van der Waals surface area contributed by atoms with Crippen molar-refractivity contribution in [2.75, 3.05) is 35.1 Å². The lowest BCUT2D eigenvalue weighted by atomic mass is 10.1. The Morgan fingerprint density at radius 1 is 1.11 bits per heavy atom. The Hall–Kier alpha value is -2.14. The normalized spacial score (nSPS) is 37.5. The molecule has 25 heteroatoms. The average molecular weight is 710 g/mol. The van der Waals surface area contributed by atoms with E-state index in [1.807, 2.05) is 0 Å². The molecule has 2 unspecified atom stereocenters. The van der Waals surface area contributed by atoms with E-state index in [4.69, 9.17) is 34.3 Å². The first kappa shape index (κ1) is 30.5. The number of nitrogen functional groups attached to an aromatic ring is 2. The number of hydrazine groups is 2. The summed E-state index contributed by atoms with van der Waals surface area (Å²) in [6.07, 6.45) is -2.21. The van der Waals surface area contributed by atoms with Crippen molar-refractivity contribution in [1.29, 1.82) is 0 Å². The van der Waals surface area contributed by atoms with E-state index in [2.05, 4.69) is 60.5 Å². The number of nitrogens with zero attached hydrogens (tertiary/aromatic N) is 6. The number of hydrogen-bond donors (Lipinski definition) is 8. The minimum atomic E-state index is -4.21. The molecule has 3 saturated heterocycles. The Labute approximate surface area is 261 Å². The van der Waals surface area contributed by atoms with Gasteiger partial charge in [-0.1, -0.05) is 24.5 Å². The Morgan fingerprint density at radius 2 is 1.89 bits per heavy atom. The molecule has 0 amide bonds. The zero-order valence-corrected chi connectivity index (χ0v) is 26.5. The number of aliphatic hydroxyl groups is 1. The summed E-state index contributed by atoms with van der Waals surface area (Å²) in [6, 6.07) is 0. The number of thiol groups is 2. The van der Waals surface area contributed by atoms with Crippen LogP contribution in [0.15, 0.2) is 17.3 Å². The maximum Gasteiger partial charge on any atom is 0.386 e. The van der Waals surface area contributed by atoms with E-state index in [-0.39, 0.29) is 42.9 Å². The number of thioether (sulfide) groups is 1. The maximum atomic E-state index is 13.6. The number of aromatic amines is 1. The molecule has 7 rings (SSSR count). The summed E-state index contributed by atoms with van der Waals surface area (Å²) in [6.45, 7) is -8.97. The molecule has 0 aromatic carbocycles. The van der Waals surface area contributed by atoms with Gasteiger partial charge in [0, 0.05) is 6.42 Å². The van der Waals surface area contributed by atoms with Crippen molar-refractivity contribution in [3.63, 3.8) is 0 Å². The van der Waals surface area contributed by atoms with Crippen molar-refractivity contribution in [3.8, 4) is 0 Å². The standard InChI is InChI=1S/C19H25N11O9P2S3/c20-14-16-22-2-6(29(16)24-5-23-14)7-1-8-9(37-7)3-35-41(34,43)39-13-12(31)10(4-36-40(33,42)38-8)44-18(13)30-15-11(27-28-30)17(32)26-19(21)25-15/h2,5,7-10,12-13,18,27-28,31H,1,3-4H2,(H,33,42)(H,34,43)(H2,20,23,24)(H3,21,25,26,32)/t7-,8+,9-,10-,12-,13-,18-,40?,41?/m1/s1. The fraction of sp³-hybridized carbons (Fsp3) is 0.526. The van der Waals surface area contributed by atoms with Crippen molar-refractivity contribution in [1.82, 2.24) is 35.1 Å². The van der Waals surface area contributed by atoms with E-state index in [9.17, 15) is 19.0 Å². The van der Waals surface area contributed by atoms with E-state index in [0.717, 1.165) is 11.8 Å². The van der Waals surface area contributed by atoms with Crippen LogP contribution in [-0.2, 0) is 32.0 Å². The highest BCUT2D eigenvalue weighted by Gasteiger charge is 2.53. The molecule has 8 N–H and O–H groups in total. The molecule has 0 radical (unpaired) electrons. The van der Waals surface area contributed by atoms with E-state index < -0.39 is 60.3 Å². The second-order valence-corrected chi connectivity index (χ2v) is 17.1. The summed E-state index contributed by atoms with van der Waals surface area (Å²) in [5.74, 6) is 0.0983. The van der Waals surface area contributed by atoms with E-state index in [1.54, 1.807) is 0 Å². The van der Waals surface area contributed by atoms with Crippen LogP contribution in [0.25, 0.3) is 5.65 Å². The Balaban J connectivity index is 1.16. The van der Waals surface area contributed by atoms with Crippen LogP contribution < -0.4 is 33.0 Å². The molecule has 238 valence electrons. The predicted octanol–water partition coefficient (Wildman–Crippen LogP) is 0.249.